The summed E-state index contributed by atoms with van der Waals surface area (Å²) < 4.78 is 6.59. The number of amidine groups is 1. The van der Waals surface area contributed by atoms with Gasteiger partial charge in [0.2, 0.25) is 0 Å². The molecule has 0 saturated carbocycles. The maximum Gasteiger partial charge on any atom is 0.160 e. The highest BCUT2D eigenvalue weighted by Crippen LogP contribution is 2.52. The zero-order chi connectivity index (χ0) is 18.3. The molecule has 3 atom stereocenters. The van der Waals surface area contributed by atoms with Crippen molar-refractivity contribution in [3.8, 4) is 5.75 Å². The molecule has 136 valence electrons. The van der Waals surface area contributed by atoms with E-state index in [1.165, 1.54) is 0 Å². The first kappa shape index (κ1) is 18.1. The molecule has 4 nitrogen and oxygen atoms in total. The molecule has 0 radical (unpaired) electrons. The van der Waals surface area contributed by atoms with Crippen LogP contribution in [0.5, 0.6) is 5.75 Å². The van der Waals surface area contributed by atoms with Crippen molar-refractivity contribution < 1.29 is 4.74 Å². The Morgan fingerprint density at radius 2 is 2.23 bits per heavy atom. The third kappa shape index (κ3) is 3.02. The summed E-state index contributed by atoms with van der Waals surface area (Å²) in [6, 6.07) is 10.2. The molecule has 0 bridgehead atoms. The van der Waals surface area contributed by atoms with Gasteiger partial charge >= 0.3 is 0 Å². The summed E-state index contributed by atoms with van der Waals surface area (Å²) in [4.78, 5) is 12.1. The number of nitrogens with zero attached hydrogens (tertiary/aromatic N) is 3. The van der Waals surface area contributed by atoms with Crippen LogP contribution in [0, 0.1) is 0 Å². The Balaban J connectivity index is 1.88. The topological polar surface area (TPSA) is 37.7 Å². The number of aromatic nitrogens is 1. The summed E-state index contributed by atoms with van der Waals surface area (Å²) >= 11 is 11.8. The normalized spacial score (nSPS) is 24.5. The van der Waals surface area contributed by atoms with E-state index >= 15 is 0 Å². The van der Waals surface area contributed by atoms with E-state index in [9.17, 15) is 0 Å². The second kappa shape index (κ2) is 7.41. The van der Waals surface area contributed by atoms with Gasteiger partial charge in [-0.05, 0) is 46.6 Å². The number of hydrogen-bond acceptors (Lipinski definition) is 5. The predicted octanol–water partition coefficient (Wildman–Crippen LogP) is 5.49. The smallest absolute Gasteiger partial charge is 0.160 e. The molecule has 3 heterocycles. The average molecular weight is 453 g/mol. The van der Waals surface area contributed by atoms with Crippen molar-refractivity contribution in [2.45, 2.75) is 31.5 Å². The van der Waals surface area contributed by atoms with Crippen LogP contribution >= 0.6 is 39.3 Å². The van der Waals surface area contributed by atoms with Gasteiger partial charge in [0.05, 0.1) is 23.3 Å². The number of aliphatic imine (C=N–C) groups is 1. The summed E-state index contributed by atoms with van der Waals surface area (Å²) in [7, 11) is 1.69. The number of rotatable bonds is 4. The molecule has 0 spiro atoms. The lowest BCUT2D eigenvalue weighted by atomic mass is 9.94. The molecular weight excluding hydrogens is 434 g/mol. The first-order valence-corrected chi connectivity index (χ1v) is 10.7. The molecule has 1 aromatic carbocycles. The molecule has 0 unspecified atom stereocenters. The van der Waals surface area contributed by atoms with E-state index in [1.54, 1.807) is 7.11 Å². The van der Waals surface area contributed by atoms with Crippen LogP contribution in [0.1, 0.15) is 36.7 Å². The largest absolute Gasteiger partial charge is 0.495 e. The lowest BCUT2D eigenvalue weighted by Crippen LogP contribution is -2.35. The molecule has 2 aromatic rings. The summed E-state index contributed by atoms with van der Waals surface area (Å²) in [5.41, 5.74) is 2.01. The zero-order valence-electron chi connectivity index (χ0n) is 14.5. The fraction of sp³-hybridized carbons (Fsp3) is 0.368. The van der Waals surface area contributed by atoms with Crippen molar-refractivity contribution in [1.82, 2.24) is 9.88 Å². The highest BCUT2D eigenvalue weighted by Gasteiger charge is 2.46. The summed E-state index contributed by atoms with van der Waals surface area (Å²) in [6.45, 7) is 2.23. The van der Waals surface area contributed by atoms with E-state index in [4.69, 9.17) is 21.3 Å². The Labute approximate surface area is 171 Å². The molecule has 0 N–H and O–H groups in total. The number of hydrogen-bond donors (Lipinski definition) is 0. The van der Waals surface area contributed by atoms with Gasteiger partial charge in [-0.15, -0.1) is 0 Å². The molecule has 1 fully saturated rings. The number of ether oxygens (including phenoxy) is 1. The van der Waals surface area contributed by atoms with Crippen LogP contribution in [0.2, 0.25) is 5.02 Å². The van der Waals surface area contributed by atoms with Crippen molar-refractivity contribution in [2.75, 3.05) is 12.9 Å². The van der Waals surface area contributed by atoms with Crippen LogP contribution in [0.15, 0.2) is 46.0 Å². The van der Waals surface area contributed by atoms with Crippen LogP contribution in [0.25, 0.3) is 0 Å². The molecule has 7 heteroatoms. The number of thioether (sulfide) groups is 1. The van der Waals surface area contributed by atoms with Crippen molar-refractivity contribution in [3.63, 3.8) is 0 Å². The van der Waals surface area contributed by atoms with E-state index in [0.717, 1.165) is 38.8 Å². The molecule has 4 rings (SSSR count). The van der Waals surface area contributed by atoms with Gasteiger partial charge in [-0.3, -0.25) is 9.98 Å². The van der Waals surface area contributed by atoms with Crippen LogP contribution in [0.3, 0.4) is 0 Å². The minimum atomic E-state index is -0.0766. The van der Waals surface area contributed by atoms with E-state index in [2.05, 4.69) is 32.7 Å². The number of fused-ring (bicyclic) bond motifs is 1. The van der Waals surface area contributed by atoms with Gasteiger partial charge in [0.25, 0.3) is 0 Å². The second-order valence-corrected chi connectivity index (χ2v) is 8.62. The molecule has 26 heavy (non-hydrogen) atoms. The van der Waals surface area contributed by atoms with E-state index in [0.29, 0.717) is 11.1 Å². The van der Waals surface area contributed by atoms with Gasteiger partial charge in [0.15, 0.2) is 5.17 Å². The maximum absolute atomic E-state index is 6.40. The fourth-order valence-corrected chi connectivity index (χ4v) is 6.04. The summed E-state index contributed by atoms with van der Waals surface area (Å²) in [6.07, 6.45) is 2.90. The number of pyridine rings is 1. The maximum atomic E-state index is 6.40. The predicted molar refractivity (Wildman–Crippen MR) is 111 cm³/mol. The Morgan fingerprint density at radius 3 is 2.92 bits per heavy atom. The van der Waals surface area contributed by atoms with Gasteiger partial charge in [-0.1, -0.05) is 36.4 Å². The minimum absolute atomic E-state index is 0.0183. The molecule has 0 aliphatic carbocycles. The van der Waals surface area contributed by atoms with Crippen molar-refractivity contribution in [3.05, 3.63) is 57.3 Å². The van der Waals surface area contributed by atoms with Crippen molar-refractivity contribution in [1.29, 1.82) is 0 Å². The minimum Gasteiger partial charge on any atom is -0.495 e. The molecule has 0 amide bonds. The fourth-order valence-electron chi connectivity index (χ4n) is 3.70. The number of methoxy groups -OCH3 is 1. The molecule has 1 aromatic heterocycles. The Bertz CT molecular complexity index is 848. The van der Waals surface area contributed by atoms with E-state index < -0.39 is 0 Å². The zero-order valence-corrected chi connectivity index (χ0v) is 17.7. The highest BCUT2D eigenvalue weighted by atomic mass is 79.9. The van der Waals surface area contributed by atoms with Crippen LogP contribution in [-0.4, -0.2) is 34.0 Å². The van der Waals surface area contributed by atoms with Gasteiger partial charge < -0.3 is 9.64 Å². The number of halogens is 2. The quantitative estimate of drug-likeness (QED) is 0.615. The highest BCUT2D eigenvalue weighted by molar-refractivity contribution is 9.10. The summed E-state index contributed by atoms with van der Waals surface area (Å²) in [5.74, 6) is 1.87. The molecular formula is C19H19BrClN3OS. The monoisotopic (exact) mass is 451 g/mol. The second-order valence-electron chi connectivity index (χ2n) is 6.35. The van der Waals surface area contributed by atoms with E-state index in [1.807, 2.05) is 48.3 Å². The van der Waals surface area contributed by atoms with Crippen LogP contribution < -0.4 is 4.74 Å². The van der Waals surface area contributed by atoms with Gasteiger partial charge in [0, 0.05) is 28.6 Å². The van der Waals surface area contributed by atoms with Gasteiger partial charge in [0.1, 0.15) is 11.8 Å². The molecule has 2 aliphatic heterocycles. The Kier molecular flexibility index (Phi) is 5.17. The van der Waals surface area contributed by atoms with Gasteiger partial charge in [-0.2, -0.15) is 0 Å². The first-order chi connectivity index (χ1) is 12.6. The number of benzene rings is 1. The summed E-state index contributed by atoms with van der Waals surface area (Å²) in [5, 5.41) is 1.77. The molecule has 2 aliphatic rings. The van der Waals surface area contributed by atoms with Crippen molar-refractivity contribution in [2.24, 2.45) is 4.99 Å². The van der Waals surface area contributed by atoms with Crippen LogP contribution in [0.4, 0.5) is 0 Å². The van der Waals surface area contributed by atoms with E-state index in [-0.39, 0.29) is 12.1 Å². The Hall–Kier alpha value is -1.24. The SMILES string of the molecule is CC[C@H]1CSC2=N[C@@H](c3ccccn3)[C@@H](c3cc(Cl)cc(Br)c3OC)N21. The molecule has 1 saturated heterocycles. The standard InChI is InChI=1S/C19H19BrClN3OS/c1-3-12-10-26-19-23-16(15-6-4-5-7-22-15)17(24(12)19)13-8-11(21)9-14(20)18(13)25-2/h4-9,12,16-17H,3,10H2,1-2H3/t12-,16-,17+/m0/s1. The average Bonchev–Trinajstić information content (AvgIpc) is 3.20. The third-order valence-corrected chi connectivity index (χ3v) is 6.82. The third-order valence-electron chi connectivity index (χ3n) is 4.89. The Morgan fingerprint density at radius 1 is 1.38 bits per heavy atom. The lowest BCUT2D eigenvalue weighted by molar-refractivity contribution is 0.249. The van der Waals surface area contributed by atoms with Crippen LogP contribution in [-0.2, 0) is 0 Å². The first-order valence-electron chi connectivity index (χ1n) is 8.56. The van der Waals surface area contributed by atoms with Gasteiger partial charge in [-0.25, -0.2) is 0 Å². The lowest BCUT2D eigenvalue weighted by Gasteiger charge is -2.33. The van der Waals surface area contributed by atoms with Crippen molar-refractivity contribution >= 4 is 44.5 Å².